The molecule has 0 atom stereocenters. The first-order chi connectivity index (χ1) is 16.2. The van der Waals surface area contributed by atoms with E-state index in [0.29, 0.717) is 13.1 Å². The Hall–Kier alpha value is -3.73. The van der Waals surface area contributed by atoms with Crippen LogP contribution in [0.3, 0.4) is 0 Å². The molecule has 0 aromatic heterocycles. The number of hydrogen-bond donors (Lipinski definition) is 1. The highest BCUT2D eigenvalue weighted by atomic mass is 16.5. The molecular weight excluding hydrogens is 424 g/mol. The second-order valence-corrected chi connectivity index (χ2v) is 8.97. The van der Waals surface area contributed by atoms with Gasteiger partial charge in [-0.2, -0.15) is 0 Å². The summed E-state index contributed by atoms with van der Waals surface area (Å²) in [4.78, 5) is 15.4. The van der Waals surface area contributed by atoms with Gasteiger partial charge in [-0.05, 0) is 73.4 Å². The van der Waals surface area contributed by atoms with Gasteiger partial charge in [-0.3, -0.25) is 0 Å². The summed E-state index contributed by atoms with van der Waals surface area (Å²) in [5.74, 6) is 1.57. The molecule has 3 rings (SSSR count). The molecule has 2 amide bonds. The topological polar surface area (TPSA) is 50.8 Å². The van der Waals surface area contributed by atoms with Crippen molar-refractivity contribution in [2.75, 3.05) is 14.2 Å². The van der Waals surface area contributed by atoms with Crippen LogP contribution in [0.5, 0.6) is 11.5 Å². The highest BCUT2D eigenvalue weighted by molar-refractivity contribution is 5.75. The number of rotatable bonds is 9. The Morgan fingerprint density at radius 3 is 1.82 bits per heavy atom. The lowest BCUT2D eigenvalue weighted by molar-refractivity contribution is 0.181. The maximum Gasteiger partial charge on any atom is 0.318 e. The van der Waals surface area contributed by atoms with Crippen molar-refractivity contribution in [1.82, 2.24) is 10.2 Å². The van der Waals surface area contributed by atoms with Gasteiger partial charge in [-0.15, -0.1) is 0 Å². The van der Waals surface area contributed by atoms with E-state index in [9.17, 15) is 4.79 Å². The number of ether oxygens (including phenoxy) is 2. The fourth-order valence-electron chi connectivity index (χ4n) is 3.69. The Morgan fingerprint density at radius 1 is 0.882 bits per heavy atom. The van der Waals surface area contributed by atoms with Crippen LogP contribution >= 0.6 is 0 Å². The third-order valence-corrected chi connectivity index (χ3v) is 5.85. The van der Waals surface area contributed by atoms with Gasteiger partial charge in [-0.1, -0.05) is 54.6 Å². The van der Waals surface area contributed by atoms with Gasteiger partial charge in [0, 0.05) is 13.1 Å². The molecule has 3 aromatic rings. The van der Waals surface area contributed by atoms with E-state index in [0.717, 1.165) is 39.3 Å². The van der Waals surface area contributed by atoms with Gasteiger partial charge in [0.1, 0.15) is 11.5 Å². The van der Waals surface area contributed by atoms with Crippen molar-refractivity contribution in [3.05, 3.63) is 102 Å². The van der Waals surface area contributed by atoms with E-state index in [4.69, 9.17) is 9.47 Å². The first kappa shape index (κ1) is 24.9. The molecule has 0 fully saturated rings. The van der Waals surface area contributed by atoms with Crippen LogP contribution in [-0.2, 0) is 18.6 Å². The van der Waals surface area contributed by atoms with Gasteiger partial charge in [-0.25, -0.2) is 4.79 Å². The molecule has 0 saturated carbocycles. The molecule has 0 aliphatic rings. The maximum atomic E-state index is 13.6. The van der Waals surface area contributed by atoms with E-state index >= 15 is 0 Å². The number of allylic oxidation sites excluding steroid dienone is 1. The molecule has 0 radical (unpaired) electrons. The van der Waals surface area contributed by atoms with Crippen molar-refractivity contribution in [2.45, 2.75) is 39.4 Å². The smallest absolute Gasteiger partial charge is 0.318 e. The summed E-state index contributed by atoms with van der Waals surface area (Å²) in [6.45, 7) is 11.0. The highest BCUT2D eigenvalue weighted by Crippen LogP contribution is 2.25. The molecule has 0 aliphatic carbocycles. The summed E-state index contributed by atoms with van der Waals surface area (Å²) in [5, 5.41) is 3.23. The zero-order chi connectivity index (χ0) is 24.7. The zero-order valence-corrected chi connectivity index (χ0v) is 20.7. The van der Waals surface area contributed by atoms with Gasteiger partial charge in [0.25, 0.3) is 0 Å². The van der Waals surface area contributed by atoms with Crippen LogP contribution in [-0.4, -0.2) is 25.2 Å². The molecule has 0 saturated heterocycles. The first-order valence-corrected chi connectivity index (χ1v) is 11.3. The monoisotopic (exact) mass is 458 g/mol. The molecule has 0 unspecified atom stereocenters. The second kappa shape index (κ2) is 10.9. The number of hydrogen-bond acceptors (Lipinski definition) is 3. The lowest BCUT2D eigenvalue weighted by Gasteiger charge is -2.32. The van der Waals surface area contributed by atoms with Crippen LogP contribution in [0.4, 0.5) is 4.79 Å². The van der Waals surface area contributed by atoms with Gasteiger partial charge >= 0.3 is 6.03 Å². The summed E-state index contributed by atoms with van der Waals surface area (Å²) in [6.07, 6.45) is 0. The Bertz CT molecular complexity index is 1070. The van der Waals surface area contributed by atoms with Gasteiger partial charge in [0.15, 0.2) is 0 Å². The predicted octanol–water partition coefficient (Wildman–Crippen LogP) is 6.38. The molecule has 34 heavy (non-hydrogen) atoms. The quantitative estimate of drug-likeness (QED) is 0.405. The van der Waals surface area contributed by atoms with Crippen molar-refractivity contribution >= 4 is 11.6 Å². The number of nitrogens with zero attached hydrogens (tertiary/aromatic N) is 1. The summed E-state index contributed by atoms with van der Waals surface area (Å²) in [6, 6.07) is 23.6. The highest BCUT2D eigenvalue weighted by Gasteiger charge is 2.26. The largest absolute Gasteiger partial charge is 0.497 e. The zero-order valence-electron chi connectivity index (χ0n) is 20.7. The average Bonchev–Trinajstić information content (AvgIpc) is 2.84. The summed E-state index contributed by atoms with van der Waals surface area (Å²) >= 11 is 0. The number of methoxy groups -OCH3 is 2. The summed E-state index contributed by atoms with van der Waals surface area (Å²) in [7, 11) is 3.28. The normalized spacial score (nSPS) is 11.0. The van der Waals surface area contributed by atoms with E-state index in [-0.39, 0.29) is 6.03 Å². The Morgan fingerprint density at radius 2 is 1.38 bits per heavy atom. The predicted molar refractivity (Wildman–Crippen MR) is 138 cm³/mol. The lowest BCUT2D eigenvalue weighted by atomic mass is 9.92. The Balaban J connectivity index is 1.84. The molecule has 5 nitrogen and oxygen atoms in total. The molecule has 178 valence electrons. The maximum absolute atomic E-state index is 13.6. The van der Waals surface area contributed by atoms with Crippen LogP contribution in [0, 0.1) is 0 Å². The number of benzene rings is 3. The van der Waals surface area contributed by atoms with Crippen LogP contribution in [0.1, 0.15) is 43.0 Å². The Kier molecular flexibility index (Phi) is 8.00. The van der Waals surface area contributed by atoms with Crippen molar-refractivity contribution in [1.29, 1.82) is 0 Å². The molecule has 0 aliphatic heterocycles. The van der Waals surface area contributed by atoms with E-state index in [1.165, 1.54) is 0 Å². The molecule has 1 N–H and O–H groups in total. The number of urea groups is 1. The molecule has 0 bridgehead atoms. The fourth-order valence-corrected chi connectivity index (χ4v) is 3.69. The van der Waals surface area contributed by atoms with E-state index < -0.39 is 5.54 Å². The van der Waals surface area contributed by atoms with E-state index in [1.807, 2.05) is 92.4 Å². The molecule has 0 spiro atoms. The molecular formula is C29H34N2O3. The minimum absolute atomic E-state index is 0.141. The standard InChI is InChI=1S/C29H34N2O3/c1-21(2)24-8-7-9-25(18-24)29(3,4)30-28(32)31(19-22-10-14-26(33-5)15-11-22)20-23-12-16-27(34-6)17-13-23/h7-18H,1,19-20H2,2-6H3,(H,30,32). The average molecular weight is 459 g/mol. The number of nitrogens with one attached hydrogen (secondary N) is 1. The van der Waals surface area contributed by atoms with Crippen LogP contribution in [0.2, 0.25) is 0 Å². The van der Waals surface area contributed by atoms with Crippen LogP contribution < -0.4 is 14.8 Å². The molecule has 3 aromatic carbocycles. The third kappa shape index (κ3) is 6.41. The van der Waals surface area contributed by atoms with Gasteiger partial charge in [0.05, 0.1) is 19.8 Å². The number of amides is 2. The lowest BCUT2D eigenvalue weighted by Crippen LogP contribution is -2.48. The van der Waals surface area contributed by atoms with Gasteiger partial charge in [0.2, 0.25) is 0 Å². The van der Waals surface area contributed by atoms with Crippen LogP contribution in [0.15, 0.2) is 79.4 Å². The van der Waals surface area contributed by atoms with Crippen molar-refractivity contribution in [3.63, 3.8) is 0 Å². The summed E-state index contributed by atoms with van der Waals surface area (Å²) in [5.41, 5.74) is 4.55. The Labute approximate surface area is 203 Å². The van der Waals surface area contributed by atoms with Crippen molar-refractivity contribution in [3.8, 4) is 11.5 Å². The fraction of sp³-hybridized carbons (Fsp3) is 0.276. The molecule has 5 heteroatoms. The van der Waals surface area contributed by atoms with Crippen molar-refractivity contribution < 1.29 is 14.3 Å². The van der Waals surface area contributed by atoms with E-state index in [2.05, 4.69) is 18.0 Å². The number of carbonyl (C=O) groups excluding carboxylic acids is 1. The minimum Gasteiger partial charge on any atom is -0.497 e. The summed E-state index contributed by atoms with van der Waals surface area (Å²) < 4.78 is 10.5. The van der Waals surface area contributed by atoms with Gasteiger partial charge < -0.3 is 19.7 Å². The van der Waals surface area contributed by atoms with E-state index in [1.54, 1.807) is 14.2 Å². The third-order valence-electron chi connectivity index (χ3n) is 5.85. The minimum atomic E-state index is -0.569. The molecule has 0 heterocycles. The van der Waals surface area contributed by atoms with Crippen molar-refractivity contribution in [2.24, 2.45) is 0 Å². The van der Waals surface area contributed by atoms with Crippen LogP contribution in [0.25, 0.3) is 5.57 Å². The number of carbonyl (C=O) groups is 1. The SMILES string of the molecule is C=C(C)c1cccc(C(C)(C)NC(=O)N(Cc2ccc(OC)cc2)Cc2ccc(OC)cc2)c1. The first-order valence-electron chi connectivity index (χ1n) is 11.3. The second-order valence-electron chi connectivity index (χ2n) is 8.97.